The minimum absolute atomic E-state index is 0.164. The van der Waals surface area contributed by atoms with Gasteiger partial charge >= 0.3 is 5.97 Å². The molecule has 1 heterocycles. The molecule has 0 aromatic carbocycles. The third-order valence-electron chi connectivity index (χ3n) is 3.09. The van der Waals surface area contributed by atoms with E-state index in [0.29, 0.717) is 0 Å². The number of hydrogen-bond acceptors (Lipinski definition) is 7. The van der Waals surface area contributed by atoms with Crippen molar-refractivity contribution in [2.75, 3.05) is 6.61 Å². The van der Waals surface area contributed by atoms with Crippen molar-refractivity contribution in [3.8, 4) is 0 Å². The average Bonchev–Trinajstić information content (AvgIpc) is 2.32. The summed E-state index contributed by atoms with van der Waals surface area (Å²) in [5, 5.41) is 49.6. The van der Waals surface area contributed by atoms with Crippen molar-refractivity contribution in [1.82, 2.24) is 5.32 Å². The molecular formula is C11H19NO8. The number of hydrogen-bond donors (Lipinski definition) is 6. The number of carbonyl (C=O) groups is 2. The Bertz CT molecular complexity index is 375. The van der Waals surface area contributed by atoms with Crippen LogP contribution in [0, 0.1) is 0 Å². The number of ether oxygens (including phenoxy) is 1. The largest absolute Gasteiger partial charge is 0.477 e. The third-order valence-corrected chi connectivity index (χ3v) is 3.09. The number of carboxylic acids is 1. The molecule has 116 valence electrons. The smallest absolute Gasteiger partial charge is 0.364 e. The number of aliphatic carboxylic acids is 1. The number of amides is 1. The van der Waals surface area contributed by atoms with Crippen LogP contribution < -0.4 is 5.32 Å². The van der Waals surface area contributed by atoms with Crippen LogP contribution in [0.3, 0.4) is 0 Å². The minimum atomic E-state index is -2.66. The zero-order valence-electron chi connectivity index (χ0n) is 10.9. The first-order valence-electron chi connectivity index (χ1n) is 6.09. The Hall–Kier alpha value is -1.26. The highest BCUT2D eigenvalue weighted by Crippen LogP contribution is 2.30. The van der Waals surface area contributed by atoms with Gasteiger partial charge in [-0.15, -0.1) is 0 Å². The number of aliphatic hydroxyl groups is 4. The number of aliphatic hydroxyl groups excluding tert-OH is 3. The lowest BCUT2D eigenvalue weighted by molar-refractivity contribution is -0.289. The van der Waals surface area contributed by atoms with Gasteiger partial charge in [-0.3, -0.25) is 4.79 Å². The van der Waals surface area contributed by atoms with Crippen molar-refractivity contribution in [3.63, 3.8) is 0 Å². The average molecular weight is 293 g/mol. The molecule has 0 aromatic rings. The molecule has 0 saturated carbocycles. The predicted octanol–water partition coefficient (Wildman–Crippen LogP) is -2.84. The Balaban J connectivity index is 2.99. The third kappa shape index (κ3) is 3.64. The first-order valence-corrected chi connectivity index (χ1v) is 6.09. The molecule has 0 bridgehead atoms. The number of carbonyl (C=O) groups excluding carboxylic acids is 1. The highest BCUT2D eigenvalue weighted by Gasteiger charge is 2.52. The van der Waals surface area contributed by atoms with E-state index >= 15 is 0 Å². The van der Waals surface area contributed by atoms with E-state index in [1.54, 1.807) is 0 Å². The van der Waals surface area contributed by atoms with E-state index in [1.807, 2.05) is 0 Å². The molecule has 1 rings (SSSR count). The van der Waals surface area contributed by atoms with Crippen LogP contribution in [-0.2, 0) is 14.3 Å². The second kappa shape index (κ2) is 6.46. The highest BCUT2D eigenvalue weighted by molar-refractivity contribution is 5.76. The fourth-order valence-corrected chi connectivity index (χ4v) is 2.14. The van der Waals surface area contributed by atoms with Gasteiger partial charge in [0.15, 0.2) is 0 Å². The molecule has 4 unspecified atom stereocenters. The molecule has 1 amide bonds. The quantitative estimate of drug-likeness (QED) is 0.316. The Morgan fingerprint density at radius 2 is 2.10 bits per heavy atom. The molecule has 0 spiro atoms. The van der Waals surface area contributed by atoms with Crippen molar-refractivity contribution in [2.45, 2.75) is 49.9 Å². The molecule has 0 aliphatic carbocycles. The fourth-order valence-electron chi connectivity index (χ4n) is 2.14. The van der Waals surface area contributed by atoms with E-state index in [9.17, 15) is 24.9 Å². The van der Waals surface area contributed by atoms with Crippen molar-refractivity contribution in [2.24, 2.45) is 0 Å². The van der Waals surface area contributed by atoms with Gasteiger partial charge in [0.05, 0.1) is 18.2 Å². The summed E-state index contributed by atoms with van der Waals surface area (Å²) in [7, 11) is 0. The molecule has 5 atom stereocenters. The van der Waals surface area contributed by atoms with Crippen LogP contribution in [0.4, 0.5) is 0 Å². The Morgan fingerprint density at radius 3 is 2.55 bits per heavy atom. The maximum atomic E-state index is 11.1. The van der Waals surface area contributed by atoms with Crippen LogP contribution in [0.1, 0.15) is 19.8 Å². The summed E-state index contributed by atoms with van der Waals surface area (Å²) in [6.45, 7) is 0.773. The van der Waals surface area contributed by atoms with Crippen LogP contribution in [0.25, 0.3) is 0 Å². The van der Waals surface area contributed by atoms with Gasteiger partial charge in [0.2, 0.25) is 5.91 Å². The Labute approximate surface area is 114 Å². The van der Waals surface area contributed by atoms with Gasteiger partial charge in [-0.2, -0.15) is 0 Å². The van der Waals surface area contributed by atoms with Gasteiger partial charge in [-0.05, 0) is 6.42 Å². The SMILES string of the molecule is CC(=O)NC1C(O)CC(O)(C(=O)O)OC1[C@@H](O)CCO. The Morgan fingerprint density at radius 1 is 1.50 bits per heavy atom. The second-order valence-corrected chi connectivity index (χ2v) is 4.75. The highest BCUT2D eigenvalue weighted by atomic mass is 16.7. The van der Waals surface area contributed by atoms with E-state index in [1.165, 1.54) is 6.92 Å². The summed E-state index contributed by atoms with van der Waals surface area (Å²) >= 11 is 0. The van der Waals surface area contributed by atoms with Crippen molar-refractivity contribution >= 4 is 11.9 Å². The van der Waals surface area contributed by atoms with E-state index in [-0.39, 0.29) is 6.42 Å². The zero-order valence-corrected chi connectivity index (χ0v) is 10.9. The molecule has 1 aliphatic heterocycles. The standard InChI is InChI=1S/C11H19NO8/c1-5(14)12-8-7(16)4-11(19,10(17)18)20-9(8)6(15)2-3-13/h6-9,13,15-16,19H,2-4H2,1H3,(H,12,14)(H,17,18)/t6-,7?,8?,9?,11?/m0/s1. The molecule has 1 fully saturated rings. The second-order valence-electron chi connectivity index (χ2n) is 4.75. The maximum absolute atomic E-state index is 11.1. The summed E-state index contributed by atoms with van der Waals surface area (Å²) in [6, 6.07) is -1.09. The molecule has 0 aromatic heterocycles. The van der Waals surface area contributed by atoms with Gasteiger partial charge in [0.25, 0.3) is 5.79 Å². The van der Waals surface area contributed by atoms with E-state index in [0.717, 1.165) is 0 Å². The van der Waals surface area contributed by atoms with Crippen LogP contribution in [-0.4, -0.2) is 74.2 Å². The molecule has 9 nitrogen and oxygen atoms in total. The first kappa shape index (κ1) is 16.8. The van der Waals surface area contributed by atoms with Gasteiger partial charge < -0.3 is 35.6 Å². The first-order chi connectivity index (χ1) is 9.21. The Kier molecular flexibility index (Phi) is 5.42. The van der Waals surface area contributed by atoms with Crippen molar-refractivity contribution in [1.29, 1.82) is 0 Å². The van der Waals surface area contributed by atoms with Crippen LogP contribution >= 0.6 is 0 Å². The van der Waals surface area contributed by atoms with E-state index < -0.39 is 55.0 Å². The lowest BCUT2D eigenvalue weighted by atomic mass is 9.89. The fraction of sp³-hybridized carbons (Fsp3) is 0.818. The van der Waals surface area contributed by atoms with Crippen molar-refractivity contribution in [3.05, 3.63) is 0 Å². The molecule has 6 N–H and O–H groups in total. The minimum Gasteiger partial charge on any atom is -0.477 e. The lowest BCUT2D eigenvalue weighted by Crippen LogP contribution is -2.65. The molecule has 1 aliphatic rings. The normalized spacial score (nSPS) is 35.4. The summed E-state index contributed by atoms with van der Waals surface area (Å²) in [5.41, 5.74) is 0. The molecule has 9 heteroatoms. The van der Waals surface area contributed by atoms with Crippen molar-refractivity contribution < 1.29 is 39.9 Å². The van der Waals surface area contributed by atoms with Gasteiger partial charge in [0, 0.05) is 20.0 Å². The lowest BCUT2D eigenvalue weighted by Gasteiger charge is -2.44. The molecule has 0 radical (unpaired) electrons. The van der Waals surface area contributed by atoms with Gasteiger partial charge in [-0.25, -0.2) is 4.79 Å². The van der Waals surface area contributed by atoms with E-state index in [4.69, 9.17) is 14.9 Å². The number of carboxylic acid groups (broad SMARTS) is 1. The number of rotatable bonds is 5. The summed E-state index contributed by atoms with van der Waals surface area (Å²) in [4.78, 5) is 22.1. The maximum Gasteiger partial charge on any atom is 0.364 e. The van der Waals surface area contributed by atoms with Gasteiger partial charge in [0.1, 0.15) is 6.10 Å². The van der Waals surface area contributed by atoms with Crippen LogP contribution in [0.15, 0.2) is 0 Å². The summed E-state index contributed by atoms with van der Waals surface area (Å²) < 4.78 is 4.95. The van der Waals surface area contributed by atoms with E-state index in [2.05, 4.69) is 5.32 Å². The topological polar surface area (TPSA) is 157 Å². The number of nitrogens with one attached hydrogen (secondary N) is 1. The van der Waals surface area contributed by atoms with Crippen LogP contribution in [0.5, 0.6) is 0 Å². The predicted molar refractivity (Wildman–Crippen MR) is 63.4 cm³/mol. The van der Waals surface area contributed by atoms with Crippen LogP contribution in [0.2, 0.25) is 0 Å². The van der Waals surface area contributed by atoms with Gasteiger partial charge in [-0.1, -0.05) is 0 Å². The summed E-state index contributed by atoms with van der Waals surface area (Å²) in [6.07, 6.45) is -4.97. The molecular weight excluding hydrogens is 274 g/mol. The summed E-state index contributed by atoms with van der Waals surface area (Å²) in [5.74, 6) is -4.88. The molecule has 20 heavy (non-hydrogen) atoms. The monoisotopic (exact) mass is 293 g/mol. The zero-order chi connectivity index (χ0) is 15.5. The molecule has 1 saturated heterocycles.